The smallest absolute Gasteiger partial charge is 0.222 e. The van der Waals surface area contributed by atoms with Gasteiger partial charge in [-0.05, 0) is 6.07 Å². The average Bonchev–Trinajstić information content (AvgIpc) is 3.43. The maximum absolute atomic E-state index is 12.2. The van der Waals surface area contributed by atoms with Gasteiger partial charge in [0, 0.05) is 50.4 Å². The molecule has 5 atom stereocenters. The van der Waals surface area contributed by atoms with E-state index in [0.29, 0.717) is 26.1 Å². The molecule has 31 heavy (non-hydrogen) atoms. The Hall–Kier alpha value is -2.46. The lowest BCUT2D eigenvalue weighted by Crippen LogP contribution is -2.39. The average molecular weight is 431 g/mol. The molecule has 168 valence electrons. The molecule has 0 spiro atoms. The minimum Gasteiger partial charge on any atom is -0.496 e. The molecule has 1 aromatic carbocycles. The van der Waals surface area contributed by atoms with Crippen LogP contribution in [-0.4, -0.2) is 65.0 Å². The summed E-state index contributed by atoms with van der Waals surface area (Å²) in [5.41, 5.74) is 1.99. The Morgan fingerprint density at radius 1 is 1.32 bits per heavy atom. The van der Waals surface area contributed by atoms with Crippen LogP contribution in [0.4, 0.5) is 0 Å². The van der Waals surface area contributed by atoms with E-state index in [1.807, 2.05) is 37.5 Å². The fraction of sp³-hybridized carbons (Fsp3) is 0.545. The normalized spacial score (nSPS) is 27.3. The minimum atomic E-state index is -0.723. The van der Waals surface area contributed by atoms with Gasteiger partial charge in [-0.25, -0.2) is 0 Å². The van der Waals surface area contributed by atoms with Crippen LogP contribution in [-0.2, 0) is 34.4 Å². The van der Waals surface area contributed by atoms with Gasteiger partial charge in [-0.2, -0.15) is 5.10 Å². The molecule has 0 radical (unpaired) electrons. The van der Waals surface area contributed by atoms with Crippen LogP contribution in [0.3, 0.4) is 0 Å². The van der Waals surface area contributed by atoms with Crippen LogP contribution in [0.1, 0.15) is 24.0 Å². The Morgan fingerprint density at radius 2 is 2.16 bits per heavy atom. The summed E-state index contributed by atoms with van der Waals surface area (Å²) in [6.07, 6.45) is 2.54. The third-order valence-electron chi connectivity index (χ3n) is 5.79. The molecular weight excluding hydrogens is 400 g/mol. The van der Waals surface area contributed by atoms with Crippen molar-refractivity contribution in [2.75, 3.05) is 13.7 Å². The zero-order valence-corrected chi connectivity index (χ0v) is 17.9. The summed E-state index contributed by atoms with van der Waals surface area (Å²) in [6, 6.07) is 7.81. The molecule has 9 nitrogen and oxygen atoms in total. The number of ether oxygens (including phenoxy) is 3. The maximum Gasteiger partial charge on any atom is 0.222 e. The van der Waals surface area contributed by atoms with E-state index in [1.54, 1.807) is 18.0 Å². The number of nitrogens with zero attached hydrogens (tertiary/aromatic N) is 2. The predicted octanol–water partition coefficient (Wildman–Crippen LogP) is 0.511. The first-order valence-electron chi connectivity index (χ1n) is 10.6. The Morgan fingerprint density at radius 3 is 2.90 bits per heavy atom. The molecule has 2 aliphatic heterocycles. The number of aryl methyl sites for hydroxylation is 1. The fourth-order valence-corrected chi connectivity index (χ4v) is 4.25. The first kappa shape index (κ1) is 21.8. The minimum absolute atomic E-state index is 0.0849. The van der Waals surface area contributed by atoms with E-state index < -0.39 is 12.2 Å². The lowest BCUT2D eigenvalue weighted by atomic mass is 10.1. The monoisotopic (exact) mass is 430 g/mol. The Labute approximate surface area is 181 Å². The molecule has 9 heteroatoms. The van der Waals surface area contributed by atoms with Crippen molar-refractivity contribution in [2.24, 2.45) is 7.05 Å². The first-order chi connectivity index (χ1) is 15.0. The Kier molecular flexibility index (Phi) is 6.86. The van der Waals surface area contributed by atoms with Crippen molar-refractivity contribution in [3.8, 4) is 5.75 Å². The van der Waals surface area contributed by atoms with Gasteiger partial charge in [-0.1, -0.05) is 18.2 Å². The third-order valence-corrected chi connectivity index (χ3v) is 5.79. The van der Waals surface area contributed by atoms with Gasteiger partial charge in [0.2, 0.25) is 5.91 Å². The van der Waals surface area contributed by atoms with Crippen LogP contribution >= 0.6 is 0 Å². The zero-order valence-electron chi connectivity index (χ0n) is 17.9. The van der Waals surface area contributed by atoms with Crippen LogP contribution in [0.5, 0.6) is 5.75 Å². The number of carbonyl (C=O) groups is 1. The van der Waals surface area contributed by atoms with Crippen molar-refractivity contribution < 1.29 is 24.1 Å². The Balaban J connectivity index is 1.19. The van der Waals surface area contributed by atoms with Crippen molar-refractivity contribution in [1.82, 2.24) is 20.4 Å². The SMILES string of the molecule is COc1ccccc1CNC[C@H]1O[C@@H]2C[C@@H](CC(=O)NCc3cnn(C)c3)O[C@@H]2[C@@H]1O. The number of nitrogens with one attached hydrogen (secondary N) is 2. The van der Waals surface area contributed by atoms with Gasteiger partial charge in [0.05, 0.1) is 38.0 Å². The first-order valence-corrected chi connectivity index (χ1v) is 10.6. The van der Waals surface area contributed by atoms with Crippen molar-refractivity contribution in [3.63, 3.8) is 0 Å². The molecule has 2 aliphatic rings. The molecule has 4 rings (SSSR count). The number of hydrogen-bond donors (Lipinski definition) is 3. The zero-order chi connectivity index (χ0) is 21.8. The number of aromatic nitrogens is 2. The van der Waals surface area contributed by atoms with Gasteiger partial charge >= 0.3 is 0 Å². The highest BCUT2D eigenvalue weighted by Crippen LogP contribution is 2.35. The van der Waals surface area contributed by atoms with Gasteiger partial charge in [0.15, 0.2) is 0 Å². The molecular formula is C22H30N4O5. The van der Waals surface area contributed by atoms with Crippen LogP contribution in [0.15, 0.2) is 36.7 Å². The van der Waals surface area contributed by atoms with Gasteiger partial charge in [0.1, 0.15) is 18.0 Å². The van der Waals surface area contributed by atoms with E-state index in [1.165, 1.54) is 0 Å². The number of amides is 1. The highest BCUT2D eigenvalue weighted by Gasteiger charge is 2.50. The molecule has 1 aromatic heterocycles. The molecule has 0 bridgehead atoms. The summed E-state index contributed by atoms with van der Waals surface area (Å²) in [7, 11) is 3.49. The summed E-state index contributed by atoms with van der Waals surface area (Å²) in [5.74, 6) is 0.742. The van der Waals surface area contributed by atoms with Crippen molar-refractivity contribution in [2.45, 2.75) is 56.5 Å². The van der Waals surface area contributed by atoms with Crippen LogP contribution < -0.4 is 15.4 Å². The van der Waals surface area contributed by atoms with Crippen molar-refractivity contribution in [3.05, 3.63) is 47.8 Å². The summed E-state index contributed by atoms with van der Waals surface area (Å²) < 4.78 is 19.0. The summed E-state index contributed by atoms with van der Waals surface area (Å²) in [4.78, 5) is 12.2. The van der Waals surface area contributed by atoms with Gasteiger partial charge in [-0.3, -0.25) is 9.48 Å². The second kappa shape index (κ2) is 9.78. The lowest BCUT2D eigenvalue weighted by Gasteiger charge is -2.20. The molecule has 3 N–H and O–H groups in total. The van der Waals surface area contributed by atoms with Gasteiger partial charge in [-0.15, -0.1) is 0 Å². The van der Waals surface area contributed by atoms with E-state index in [-0.39, 0.29) is 30.6 Å². The molecule has 0 saturated carbocycles. The highest BCUT2D eigenvalue weighted by molar-refractivity contribution is 5.76. The second-order valence-corrected chi connectivity index (χ2v) is 8.11. The number of rotatable bonds is 9. The number of aliphatic hydroxyl groups excluding tert-OH is 1. The number of carbonyl (C=O) groups excluding carboxylic acids is 1. The molecule has 0 aliphatic carbocycles. The summed E-state index contributed by atoms with van der Waals surface area (Å²) >= 11 is 0. The predicted molar refractivity (Wildman–Crippen MR) is 112 cm³/mol. The van der Waals surface area contributed by atoms with Gasteiger partial charge in [0.25, 0.3) is 0 Å². The quantitative estimate of drug-likeness (QED) is 0.532. The molecule has 2 fully saturated rings. The fourth-order valence-electron chi connectivity index (χ4n) is 4.25. The number of benzene rings is 1. The molecule has 0 unspecified atom stereocenters. The third kappa shape index (κ3) is 5.24. The van der Waals surface area contributed by atoms with Crippen LogP contribution in [0, 0.1) is 0 Å². The van der Waals surface area contributed by atoms with Crippen molar-refractivity contribution >= 4 is 5.91 Å². The summed E-state index contributed by atoms with van der Waals surface area (Å²) in [5, 5.41) is 20.9. The number of fused-ring (bicyclic) bond motifs is 1. The standard InChI is InChI=1S/C22H30N4O5/c1-26-13-14(10-25-26)9-24-20(27)8-16-7-18-22(30-16)21(28)19(31-18)12-23-11-15-5-3-4-6-17(15)29-2/h3-6,10,13,16,18-19,21-23,28H,7-9,11-12H2,1-2H3,(H,24,27)/t16-,18+,19+,21+,22-/m0/s1. The number of methoxy groups -OCH3 is 1. The van der Waals surface area contributed by atoms with E-state index in [9.17, 15) is 9.90 Å². The molecule has 2 saturated heterocycles. The lowest BCUT2D eigenvalue weighted by molar-refractivity contribution is -0.124. The van der Waals surface area contributed by atoms with E-state index in [0.717, 1.165) is 16.9 Å². The molecule has 2 aromatic rings. The Bertz CT molecular complexity index is 888. The number of para-hydroxylation sites is 1. The van der Waals surface area contributed by atoms with E-state index in [2.05, 4.69) is 15.7 Å². The summed E-state index contributed by atoms with van der Waals surface area (Å²) in [6.45, 7) is 1.56. The largest absolute Gasteiger partial charge is 0.496 e. The van der Waals surface area contributed by atoms with Gasteiger partial charge < -0.3 is 30.0 Å². The number of hydrogen-bond acceptors (Lipinski definition) is 7. The maximum atomic E-state index is 12.2. The van der Waals surface area contributed by atoms with Crippen LogP contribution in [0.2, 0.25) is 0 Å². The number of aliphatic hydroxyl groups is 1. The van der Waals surface area contributed by atoms with E-state index in [4.69, 9.17) is 14.2 Å². The molecule has 3 heterocycles. The van der Waals surface area contributed by atoms with E-state index >= 15 is 0 Å². The van der Waals surface area contributed by atoms with Crippen LogP contribution in [0.25, 0.3) is 0 Å². The topological polar surface area (TPSA) is 107 Å². The highest BCUT2D eigenvalue weighted by atomic mass is 16.6. The second-order valence-electron chi connectivity index (χ2n) is 8.11. The van der Waals surface area contributed by atoms with Crippen molar-refractivity contribution in [1.29, 1.82) is 0 Å². The molecule has 1 amide bonds.